The molecule has 0 radical (unpaired) electrons. The zero-order valence-corrected chi connectivity index (χ0v) is 27.4. The lowest BCUT2D eigenvalue weighted by molar-refractivity contribution is 0.661. The van der Waals surface area contributed by atoms with Crippen LogP contribution >= 0.6 is 0 Å². The minimum Gasteiger partial charge on any atom is -0.265 e. The molecule has 8 aromatic rings. The van der Waals surface area contributed by atoms with Crippen molar-refractivity contribution in [2.45, 2.75) is 19.3 Å². The molecule has 0 amide bonds. The number of fused-ring (bicyclic) bond motifs is 5. The van der Waals surface area contributed by atoms with E-state index in [1.807, 2.05) is 30.6 Å². The molecule has 2 heterocycles. The van der Waals surface area contributed by atoms with E-state index in [-0.39, 0.29) is 5.41 Å². The maximum absolute atomic E-state index is 5.18. The van der Waals surface area contributed by atoms with Crippen LogP contribution in [0.3, 0.4) is 0 Å². The van der Waals surface area contributed by atoms with Crippen molar-refractivity contribution in [3.05, 3.63) is 175 Å². The van der Waals surface area contributed by atoms with Crippen LogP contribution in [-0.4, -0.2) is 15.0 Å². The molecule has 0 atom stereocenters. The predicted octanol–water partition coefficient (Wildman–Crippen LogP) is 11.7. The summed E-state index contributed by atoms with van der Waals surface area (Å²) in [5.41, 5.74) is 14.8. The molecule has 0 bridgehead atoms. The van der Waals surface area contributed by atoms with Crippen molar-refractivity contribution < 1.29 is 0 Å². The van der Waals surface area contributed by atoms with E-state index in [9.17, 15) is 0 Å². The van der Waals surface area contributed by atoms with E-state index in [0.717, 1.165) is 33.6 Å². The van der Waals surface area contributed by atoms with Gasteiger partial charge in [-0.05, 0) is 79.5 Å². The summed E-state index contributed by atoms with van der Waals surface area (Å²) < 4.78 is 0. The largest absolute Gasteiger partial charge is 0.265 e. The third kappa shape index (κ3) is 4.94. The molecule has 3 nitrogen and oxygen atoms in total. The number of hydrogen-bond acceptors (Lipinski definition) is 3. The molecule has 0 saturated heterocycles. The Morgan fingerprint density at radius 2 is 1.06 bits per heavy atom. The standard InChI is InChI=1S/C46H33N3/c1-46(2)39-17-9-16-38(44(39)43-37-15-7-6-12-32(37)22-23-40(43)46)35-13-8-14-36(28-35)42-29-41(33-24-26-47-27-25-33)48-45(49-42)34-20-18-31(19-21-34)30-10-4-3-5-11-30/h3-29H,1-2H3. The molecule has 0 spiro atoms. The Morgan fingerprint density at radius 3 is 1.88 bits per heavy atom. The third-order valence-electron chi connectivity index (χ3n) is 10.0. The van der Waals surface area contributed by atoms with Gasteiger partial charge in [-0.3, -0.25) is 4.98 Å². The van der Waals surface area contributed by atoms with Gasteiger partial charge in [0.2, 0.25) is 0 Å². The summed E-state index contributed by atoms with van der Waals surface area (Å²) in [6.07, 6.45) is 3.62. The van der Waals surface area contributed by atoms with Gasteiger partial charge in [0.1, 0.15) is 0 Å². The van der Waals surface area contributed by atoms with Gasteiger partial charge in [0.15, 0.2) is 5.82 Å². The maximum atomic E-state index is 5.18. The quantitative estimate of drug-likeness (QED) is 0.191. The first-order valence-corrected chi connectivity index (χ1v) is 16.8. The number of aromatic nitrogens is 3. The number of rotatable bonds is 5. The van der Waals surface area contributed by atoms with Gasteiger partial charge in [0.25, 0.3) is 0 Å². The lowest BCUT2D eigenvalue weighted by Crippen LogP contribution is -2.14. The fourth-order valence-electron chi connectivity index (χ4n) is 7.47. The molecule has 0 fully saturated rings. The number of pyridine rings is 1. The first-order chi connectivity index (χ1) is 24.0. The van der Waals surface area contributed by atoms with E-state index in [4.69, 9.17) is 9.97 Å². The molecule has 1 aliphatic carbocycles. The zero-order chi connectivity index (χ0) is 33.0. The highest BCUT2D eigenvalue weighted by Gasteiger charge is 2.37. The zero-order valence-electron chi connectivity index (χ0n) is 27.4. The molecule has 0 unspecified atom stereocenters. The van der Waals surface area contributed by atoms with Gasteiger partial charge in [0, 0.05) is 34.5 Å². The van der Waals surface area contributed by atoms with Crippen LogP contribution in [0.15, 0.2) is 164 Å². The molecule has 1 aliphatic rings. The molecule has 0 aliphatic heterocycles. The molecule has 49 heavy (non-hydrogen) atoms. The summed E-state index contributed by atoms with van der Waals surface area (Å²) in [6.45, 7) is 4.70. The molecule has 9 rings (SSSR count). The van der Waals surface area contributed by atoms with Crippen LogP contribution in [0, 0.1) is 0 Å². The molecule has 232 valence electrons. The second-order valence-electron chi connectivity index (χ2n) is 13.3. The number of nitrogens with zero attached hydrogens (tertiary/aromatic N) is 3. The average molecular weight is 628 g/mol. The van der Waals surface area contributed by atoms with Gasteiger partial charge in [-0.15, -0.1) is 0 Å². The summed E-state index contributed by atoms with van der Waals surface area (Å²) in [7, 11) is 0. The average Bonchev–Trinajstić information content (AvgIpc) is 3.42. The van der Waals surface area contributed by atoms with Crippen LogP contribution < -0.4 is 0 Å². The van der Waals surface area contributed by atoms with Crippen molar-refractivity contribution in [2.75, 3.05) is 0 Å². The minimum atomic E-state index is -0.0978. The Hall–Kier alpha value is -6.19. The lowest BCUT2D eigenvalue weighted by Gasteiger charge is -2.21. The van der Waals surface area contributed by atoms with Crippen LogP contribution in [0.2, 0.25) is 0 Å². The Kier molecular flexibility index (Phi) is 6.80. The summed E-state index contributed by atoms with van der Waals surface area (Å²) in [4.78, 5) is 14.5. The first kappa shape index (κ1) is 29.0. The Labute approximate surface area is 286 Å². The van der Waals surface area contributed by atoms with Crippen molar-refractivity contribution in [1.29, 1.82) is 0 Å². The normalized spacial score (nSPS) is 12.9. The smallest absolute Gasteiger partial charge is 0.160 e. The van der Waals surface area contributed by atoms with E-state index >= 15 is 0 Å². The van der Waals surface area contributed by atoms with E-state index in [1.54, 1.807) is 0 Å². The van der Waals surface area contributed by atoms with E-state index in [0.29, 0.717) is 5.82 Å². The van der Waals surface area contributed by atoms with Gasteiger partial charge in [0.05, 0.1) is 11.4 Å². The molecule has 6 aromatic carbocycles. The van der Waals surface area contributed by atoms with Crippen LogP contribution in [0.5, 0.6) is 0 Å². The minimum absolute atomic E-state index is 0.0978. The number of hydrogen-bond donors (Lipinski definition) is 0. The van der Waals surface area contributed by atoms with Gasteiger partial charge in [-0.1, -0.05) is 141 Å². The van der Waals surface area contributed by atoms with Gasteiger partial charge in [-0.25, -0.2) is 9.97 Å². The summed E-state index contributed by atoms with van der Waals surface area (Å²) >= 11 is 0. The highest BCUT2D eigenvalue weighted by molar-refractivity contribution is 6.06. The second-order valence-corrected chi connectivity index (χ2v) is 13.3. The number of benzene rings is 6. The van der Waals surface area contributed by atoms with E-state index in [1.165, 1.54) is 49.7 Å². The molecule has 0 N–H and O–H groups in total. The van der Waals surface area contributed by atoms with E-state index < -0.39 is 0 Å². The second kappa shape index (κ2) is 11.5. The van der Waals surface area contributed by atoms with Gasteiger partial charge < -0.3 is 0 Å². The van der Waals surface area contributed by atoms with Crippen molar-refractivity contribution in [2.24, 2.45) is 0 Å². The molecule has 0 saturated carbocycles. The van der Waals surface area contributed by atoms with Crippen LogP contribution in [0.25, 0.3) is 78.1 Å². The van der Waals surface area contributed by atoms with Crippen molar-refractivity contribution in [1.82, 2.24) is 15.0 Å². The fraction of sp³-hybridized carbons (Fsp3) is 0.0652. The molecule has 3 heteroatoms. The van der Waals surface area contributed by atoms with Gasteiger partial charge >= 0.3 is 0 Å². The highest BCUT2D eigenvalue weighted by atomic mass is 14.9. The lowest BCUT2D eigenvalue weighted by atomic mass is 9.81. The predicted molar refractivity (Wildman–Crippen MR) is 202 cm³/mol. The van der Waals surface area contributed by atoms with Crippen molar-refractivity contribution in [3.63, 3.8) is 0 Å². The fourth-order valence-corrected chi connectivity index (χ4v) is 7.47. The first-order valence-electron chi connectivity index (χ1n) is 16.8. The summed E-state index contributed by atoms with van der Waals surface area (Å²) in [5.74, 6) is 0.692. The molecule has 2 aromatic heterocycles. The Bertz CT molecular complexity index is 2500. The van der Waals surface area contributed by atoms with Crippen LogP contribution in [-0.2, 0) is 5.41 Å². The molecular weight excluding hydrogens is 595 g/mol. The van der Waals surface area contributed by atoms with Crippen LogP contribution in [0.4, 0.5) is 0 Å². The summed E-state index contributed by atoms with van der Waals surface area (Å²) in [6, 6.07) is 54.0. The maximum Gasteiger partial charge on any atom is 0.160 e. The Morgan fingerprint density at radius 1 is 0.429 bits per heavy atom. The third-order valence-corrected chi connectivity index (χ3v) is 10.0. The van der Waals surface area contributed by atoms with Gasteiger partial charge in [-0.2, -0.15) is 0 Å². The van der Waals surface area contributed by atoms with Crippen LogP contribution in [0.1, 0.15) is 25.0 Å². The monoisotopic (exact) mass is 627 g/mol. The van der Waals surface area contributed by atoms with Crippen molar-refractivity contribution in [3.8, 4) is 67.3 Å². The topological polar surface area (TPSA) is 38.7 Å². The van der Waals surface area contributed by atoms with Crippen molar-refractivity contribution >= 4 is 10.8 Å². The Balaban J connectivity index is 1.19. The summed E-state index contributed by atoms with van der Waals surface area (Å²) in [5, 5.41) is 2.57. The molecular formula is C46H33N3. The van der Waals surface area contributed by atoms with E-state index in [2.05, 4.69) is 152 Å². The SMILES string of the molecule is CC1(C)c2cccc(-c3cccc(-c4cc(-c5ccncc5)nc(-c5ccc(-c6ccccc6)cc5)n4)c3)c2-c2c1ccc1ccccc21. The highest BCUT2D eigenvalue weighted by Crippen LogP contribution is 2.54.